The predicted octanol–water partition coefficient (Wildman–Crippen LogP) is 1.03. The molecule has 0 aromatic carbocycles. The van der Waals surface area contributed by atoms with Crippen LogP contribution in [0.1, 0.15) is 18.7 Å². The molecule has 0 saturated heterocycles. The van der Waals surface area contributed by atoms with Crippen molar-refractivity contribution < 1.29 is 13.2 Å². The average molecular weight is 222 g/mol. The molecule has 1 aromatic heterocycles. The smallest absolute Gasteiger partial charge is 0.327 e. The van der Waals surface area contributed by atoms with Crippen LogP contribution >= 0.6 is 0 Å². The molecule has 1 aromatic rings. The SMILES string of the molecule is Cn1ncnc1CC(N)CCC(F)(F)F. The lowest BCUT2D eigenvalue weighted by atomic mass is 10.1. The molecular weight excluding hydrogens is 209 g/mol. The molecule has 0 fully saturated rings. The van der Waals surface area contributed by atoms with E-state index in [4.69, 9.17) is 5.73 Å². The zero-order chi connectivity index (χ0) is 11.5. The first-order valence-electron chi connectivity index (χ1n) is 4.53. The molecule has 0 spiro atoms. The van der Waals surface area contributed by atoms with E-state index in [1.807, 2.05) is 0 Å². The molecule has 0 radical (unpaired) electrons. The predicted molar refractivity (Wildman–Crippen MR) is 48.0 cm³/mol. The Bertz CT molecular complexity index is 307. The number of aromatic nitrogens is 3. The molecule has 0 amide bonds. The lowest BCUT2D eigenvalue weighted by molar-refractivity contribution is -0.136. The zero-order valence-corrected chi connectivity index (χ0v) is 8.33. The van der Waals surface area contributed by atoms with Crippen molar-refractivity contribution in [3.05, 3.63) is 12.2 Å². The summed E-state index contributed by atoms with van der Waals surface area (Å²) in [6.45, 7) is 0. The summed E-state index contributed by atoms with van der Waals surface area (Å²) in [7, 11) is 1.68. The zero-order valence-electron chi connectivity index (χ0n) is 8.33. The van der Waals surface area contributed by atoms with Crippen LogP contribution in [0.25, 0.3) is 0 Å². The number of hydrogen-bond donors (Lipinski definition) is 1. The van der Waals surface area contributed by atoms with Crippen LogP contribution in [0.3, 0.4) is 0 Å². The fourth-order valence-electron chi connectivity index (χ4n) is 1.19. The summed E-state index contributed by atoms with van der Waals surface area (Å²) < 4.78 is 37.2. The highest BCUT2D eigenvalue weighted by Gasteiger charge is 2.27. The Morgan fingerprint density at radius 2 is 2.20 bits per heavy atom. The molecule has 2 N–H and O–H groups in total. The van der Waals surface area contributed by atoms with Gasteiger partial charge in [0.1, 0.15) is 12.2 Å². The van der Waals surface area contributed by atoms with Gasteiger partial charge in [-0.25, -0.2) is 4.98 Å². The molecule has 1 atom stereocenters. The van der Waals surface area contributed by atoms with Gasteiger partial charge in [-0.3, -0.25) is 4.68 Å². The minimum atomic E-state index is -4.14. The fourth-order valence-corrected chi connectivity index (χ4v) is 1.19. The van der Waals surface area contributed by atoms with Crippen LogP contribution in [0.4, 0.5) is 13.2 Å². The molecular formula is C8H13F3N4. The summed E-state index contributed by atoms with van der Waals surface area (Å²) >= 11 is 0. The van der Waals surface area contributed by atoms with Gasteiger partial charge in [-0.05, 0) is 6.42 Å². The lowest BCUT2D eigenvalue weighted by Crippen LogP contribution is -2.26. The van der Waals surface area contributed by atoms with Crippen molar-refractivity contribution in [1.29, 1.82) is 0 Å². The van der Waals surface area contributed by atoms with Gasteiger partial charge in [0.2, 0.25) is 0 Å². The summed E-state index contributed by atoms with van der Waals surface area (Å²) in [5.74, 6) is 0.602. The van der Waals surface area contributed by atoms with Gasteiger partial charge in [0, 0.05) is 25.9 Å². The molecule has 0 saturated carbocycles. The van der Waals surface area contributed by atoms with Crippen molar-refractivity contribution >= 4 is 0 Å². The number of halogens is 3. The first-order chi connectivity index (χ1) is 6.88. The highest BCUT2D eigenvalue weighted by atomic mass is 19.4. The Morgan fingerprint density at radius 3 is 2.67 bits per heavy atom. The first kappa shape index (κ1) is 12.0. The van der Waals surface area contributed by atoms with Crippen LogP contribution in [-0.4, -0.2) is 27.0 Å². The second-order valence-corrected chi connectivity index (χ2v) is 3.42. The Balaban J connectivity index is 2.37. The molecule has 1 rings (SSSR count). The van der Waals surface area contributed by atoms with Crippen LogP contribution in [0.5, 0.6) is 0 Å². The number of alkyl halides is 3. The van der Waals surface area contributed by atoms with E-state index in [-0.39, 0.29) is 6.42 Å². The first-order valence-corrected chi connectivity index (χ1v) is 4.53. The van der Waals surface area contributed by atoms with E-state index in [0.29, 0.717) is 12.2 Å². The summed E-state index contributed by atoms with van der Waals surface area (Å²) in [5.41, 5.74) is 5.56. The van der Waals surface area contributed by atoms with Gasteiger partial charge < -0.3 is 5.73 Å². The van der Waals surface area contributed by atoms with Crippen molar-refractivity contribution in [3.8, 4) is 0 Å². The molecule has 4 nitrogen and oxygen atoms in total. The molecule has 0 aliphatic carbocycles. The second-order valence-electron chi connectivity index (χ2n) is 3.42. The molecule has 0 aliphatic rings. The van der Waals surface area contributed by atoms with Gasteiger partial charge >= 0.3 is 6.18 Å². The Morgan fingerprint density at radius 1 is 1.53 bits per heavy atom. The third kappa shape index (κ3) is 4.28. The molecule has 7 heteroatoms. The highest BCUT2D eigenvalue weighted by molar-refractivity contribution is 4.87. The third-order valence-corrected chi connectivity index (χ3v) is 2.05. The van der Waals surface area contributed by atoms with Crippen LogP contribution in [0.15, 0.2) is 6.33 Å². The fraction of sp³-hybridized carbons (Fsp3) is 0.750. The Kier molecular flexibility index (Phi) is 3.67. The van der Waals surface area contributed by atoms with Gasteiger partial charge in [0.05, 0.1) is 0 Å². The topological polar surface area (TPSA) is 56.7 Å². The largest absolute Gasteiger partial charge is 0.389 e. The molecule has 1 unspecified atom stereocenters. The third-order valence-electron chi connectivity index (χ3n) is 2.05. The maximum atomic E-state index is 11.9. The van der Waals surface area contributed by atoms with Crippen LogP contribution in [-0.2, 0) is 13.5 Å². The molecule has 0 bridgehead atoms. The standard InChI is InChI=1S/C8H13F3N4/c1-15-7(13-5-14-15)4-6(12)2-3-8(9,10)11/h5-6H,2-4,12H2,1H3. The van der Waals surface area contributed by atoms with Crippen molar-refractivity contribution in [3.63, 3.8) is 0 Å². The van der Waals surface area contributed by atoms with E-state index in [1.54, 1.807) is 7.05 Å². The number of rotatable bonds is 4. The van der Waals surface area contributed by atoms with Gasteiger partial charge in [0.25, 0.3) is 0 Å². The summed E-state index contributed by atoms with van der Waals surface area (Å²) in [6, 6.07) is -0.533. The average Bonchev–Trinajstić information content (AvgIpc) is 2.47. The minimum Gasteiger partial charge on any atom is -0.327 e. The maximum absolute atomic E-state index is 11.9. The molecule has 15 heavy (non-hydrogen) atoms. The summed E-state index contributed by atoms with van der Waals surface area (Å²) in [6.07, 6.45) is -3.42. The van der Waals surface area contributed by atoms with E-state index in [2.05, 4.69) is 10.1 Å². The van der Waals surface area contributed by atoms with E-state index >= 15 is 0 Å². The quantitative estimate of drug-likeness (QED) is 0.827. The van der Waals surface area contributed by atoms with Gasteiger partial charge in [-0.2, -0.15) is 18.3 Å². The van der Waals surface area contributed by atoms with Crippen LogP contribution in [0, 0.1) is 0 Å². The van der Waals surface area contributed by atoms with Crippen molar-refractivity contribution in [2.45, 2.75) is 31.5 Å². The normalized spacial score (nSPS) is 14.2. The van der Waals surface area contributed by atoms with E-state index in [9.17, 15) is 13.2 Å². The van der Waals surface area contributed by atoms with Crippen LogP contribution in [0.2, 0.25) is 0 Å². The molecule has 86 valence electrons. The van der Waals surface area contributed by atoms with Crippen molar-refractivity contribution in [1.82, 2.24) is 14.8 Å². The van der Waals surface area contributed by atoms with Gasteiger partial charge in [0.15, 0.2) is 0 Å². The van der Waals surface area contributed by atoms with E-state index < -0.39 is 18.6 Å². The number of hydrogen-bond acceptors (Lipinski definition) is 3. The molecule has 1 heterocycles. The van der Waals surface area contributed by atoms with Gasteiger partial charge in [-0.1, -0.05) is 0 Å². The summed E-state index contributed by atoms with van der Waals surface area (Å²) in [4.78, 5) is 3.89. The van der Waals surface area contributed by atoms with Crippen molar-refractivity contribution in [2.24, 2.45) is 12.8 Å². The van der Waals surface area contributed by atoms with E-state index in [1.165, 1.54) is 11.0 Å². The lowest BCUT2D eigenvalue weighted by Gasteiger charge is -2.12. The van der Waals surface area contributed by atoms with E-state index in [0.717, 1.165) is 0 Å². The number of nitrogens with zero attached hydrogens (tertiary/aromatic N) is 3. The Hall–Kier alpha value is -1.11. The maximum Gasteiger partial charge on any atom is 0.389 e. The Labute approximate surface area is 85.3 Å². The summed E-state index contributed by atoms with van der Waals surface area (Å²) in [5, 5.41) is 3.81. The monoisotopic (exact) mass is 222 g/mol. The molecule has 0 aliphatic heterocycles. The number of aryl methyl sites for hydroxylation is 1. The van der Waals surface area contributed by atoms with Crippen LogP contribution < -0.4 is 5.73 Å². The van der Waals surface area contributed by atoms with Gasteiger partial charge in [-0.15, -0.1) is 0 Å². The minimum absolute atomic E-state index is 0.0869. The second kappa shape index (κ2) is 4.61. The highest BCUT2D eigenvalue weighted by Crippen LogP contribution is 2.22. The number of nitrogens with two attached hydrogens (primary N) is 1. The van der Waals surface area contributed by atoms with Crippen molar-refractivity contribution in [2.75, 3.05) is 0 Å².